The number of carbonyl (C=O) groups excluding carboxylic acids is 1. The number of hydrogen-bond acceptors (Lipinski definition) is 2. The third kappa shape index (κ3) is 3.86. The van der Waals surface area contributed by atoms with E-state index in [9.17, 15) is 4.79 Å². The van der Waals surface area contributed by atoms with Gasteiger partial charge in [-0.05, 0) is 56.5 Å². The number of aryl methyl sites for hydroxylation is 2. The van der Waals surface area contributed by atoms with E-state index in [2.05, 4.69) is 80.6 Å². The van der Waals surface area contributed by atoms with Crippen LogP contribution in [0.4, 0.5) is 0 Å². The van der Waals surface area contributed by atoms with Gasteiger partial charge in [0.25, 0.3) is 5.91 Å². The molecule has 1 aliphatic rings. The fourth-order valence-electron chi connectivity index (χ4n) is 4.89. The quantitative estimate of drug-likeness (QED) is 0.722. The lowest BCUT2D eigenvalue weighted by Gasteiger charge is -2.44. The molecule has 1 N–H and O–H groups in total. The summed E-state index contributed by atoms with van der Waals surface area (Å²) in [7, 11) is 4.32. The van der Waals surface area contributed by atoms with Crippen LogP contribution in [-0.4, -0.2) is 30.4 Å². The molecular formula is C25H34N2O. The molecule has 3 heteroatoms. The Labute approximate surface area is 170 Å². The van der Waals surface area contributed by atoms with E-state index >= 15 is 0 Å². The molecule has 1 amide bonds. The van der Waals surface area contributed by atoms with Crippen LogP contribution in [0.1, 0.15) is 72.6 Å². The van der Waals surface area contributed by atoms with Crippen LogP contribution in [0.25, 0.3) is 0 Å². The molecule has 0 saturated heterocycles. The lowest BCUT2D eigenvalue weighted by molar-refractivity contribution is 0.0765. The highest BCUT2D eigenvalue weighted by atomic mass is 16.1. The Balaban J connectivity index is 2.03. The van der Waals surface area contributed by atoms with Crippen LogP contribution < -0.4 is 5.32 Å². The van der Waals surface area contributed by atoms with Gasteiger partial charge in [-0.2, -0.15) is 0 Å². The van der Waals surface area contributed by atoms with Gasteiger partial charge in [0, 0.05) is 11.1 Å². The molecule has 2 aromatic rings. The number of likely N-dealkylation sites (N-methyl/N-ethyl adjacent to an activating group) is 1. The first-order valence-electron chi connectivity index (χ1n) is 10.7. The van der Waals surface area contributed by atoms with Crippen molar-refractivity contribution in [2.75, 3.05) is 14.1 Å². The molecule has 0 spiro atoms. The zero-order valence-corrected chi connectivity index (χ0v) is 17.8. The van der Waals surface area contributed by atoms with Crippen LogP contribution in [0.5, 0.6) is 0 Å². The highest BCUT2D eigenvalue weighted by Gasteiger charge is 2.44. The van der Waals surface area contributed by atoms with E-state index in [4.69, 9.17) is 0 Å². The van der Waals surface area contributed by atoms with Crippen molar-refractivity contribution < 1.29 is 4.79 Å². The molecule has 0 bridgehead atoms. The molecule has 1 atom stereocenters. The van der Waals surface area contributed by atoms with Gasteiger partial charge in [0.1, 0.15) is 0 Å². The number of carbonyl (C=O) groups is 1. The first-order valence-corrected chi connectivity index (χ1v) is 10.7. The molecule has 1 saturated carbocycles. The molecule has 1 unspecified atom stereocenters. The number of amides is 1. The number of hydrogen-bond donors (Lipinski definition) is 1. The van der Waals surface area contributed by atoms with E-state index in [1.165, 1.54) is 18.4 Å². The molecule has 0 heterocycles. The Morgan fingerprint density at radius 3 is 2.04 bits per heavy atom. The Hall–Kier alpha value is -2.13. The molecule has 28 heavy (non-hydrogen) atoms. The van der Waals surface area contributed by atoms with E-state index in [1.807, 2.05) is 6.07 Å². The van der Waals surface area contributed by atoms with Crippen molar-refractivity contribution in [3.8, 4) is 0 Å². The summed E-state index contributed by atoms with van der Waals surface area (Å²) in [6, 6.07) is 16.7. The topological polar surface area (TPSA) is 32.3 Å². The molecule has 2 aromatic carbocycles. The Kier molecular flexibility index (Phi) is 6.56. The van der Waals surface area contributed by atoms with Gasteiger partial charge in [-0.25, -0.2) is 0 Å². The van der Waals surface area contributed by atoms with Crippen molar-refractivity contribution in [2.24, 2.45) is 0 Å². The maximum atomic E-state index is 13.6. The number of benzene rings is 2. The smallest absolute Gasteiger partial charge is 0.252 e. The Bertz CT molecular complexity index is 769. The average molecular weight is 379 g/mol. The molecule has 150 valence electrons. The fraction of sp³-hybridized carbons (Fsp3) is 0.480. The Morgan fingerprint density at radius 1 is 0.964 bits per heavy atom. The van der Waals surface area contributed by atoms with Crippen LogP contribution in [0.3, 0.4) is 0 Å². The van der Waals surface area contributed by atoms with Gasteiger partial charge in [0.2, 0.25) is 0 Å². The van der Waals surface area contributed by atoms with E-state index in [0.717, 1.165) is 42.4 Å². The van der Waals surface area contributed by atoms with Gasteiger partial charge < -0.3 is 10.2 Å². The van der Waals surface area contributed by atoms with E-state index < -0.39 is 0 Å². The van der Waals surface area contributed by atoms with Crippen LogP contribution >= 0.6 is 0 Å². The van der Waals surface area contributed by atoms with Gasteiger partial charge in [-0.15, -0.1) is 0 Å². The summed E-state index contributed by atoms with van der Waals surface area (Å²) in [4.78, 5) is 15.9. The first kappa shape index (κ1) is 20.6. The third-order valence-corrected chi connectivity index (χ3v) is 6.53. The zero-order chi connectivity index (χ0) is 20.1. The normalized spacial score (nSPS) is 16.9. The second kappa shape index (κ2) is 8.91. The first-order chi connectivity index (χ1) is 13.5. The maximum absolute atomic E-state index is 13.6. The second-order valence-electron chi connectivity index (χ2n) is 8.18. The van der Waals surface area contributed by atoms with E-state index in [0.29, 0.717) is 0 Å². The Morgan fingerprint density at radius 2 is 1.54 bits per heavy atom. The summed E-state index contributed by atoms with van der Waals surface area (Å²) in [6.45, 7) is 4.25. The van der Waals surface area contributed by atoms with E-state index in [1.54, 1.807) is 0 Å². The average Bonchev–Trinajstić information content (AvgIpc) is 3.23. The number of rotatable bonds is 7. The molecule has 0 aliphatic heterocycles. The summed E-state index contributed by atoms with van der Waals surface area (Å²) in [5.41, 5.74) is 4.30. The molecule has 1 aliphatic carbocycles. The van der Waals surface area contributed by atoms with Gasteiger partial charge in [0.05, 0.1) is 6.04 Å². The standard InChI is InChI=1S/C25H34N2O/c1-5-19-15-12-16-20(6-2)22(19)24(28)26-23(21-13-8-7-9-14-21)25(27(3)4)17-10-11-18-25/h7-9,12-16,23H,5-6,10-11,17-18H2,1-4H3,(H,26,28). The number of nitrogens with one attached hydrogen (secondary N) is 1. The minimum Gasteiger partial charge on any atom is -0.343 e. The second-order valence-corrected chi connectivity index (χ2v) is 8.18. The largest absolute Gasteiger partial charge is 0.343 e. The van der Waals surface area contributed by atoms with Crippen molar-refractivity contribution >= 4 is 5.91 Å². The van der Waals surface area contributed by atoms with Crippen LogP contribution in [0.15, 0.2) is 48.5 Å². The van der Waals surface area contributed by atoms with Gasteiger partial charge in [-0.1, -0.05) is 75.2 Å². The van der Waals surface area contributed by atoms with Crippen molar-refractivity contribution in [3.05, 3.63) is 70.8 Å². The molecule has 3 nitrogen and oxygen atoms in total. The summed E-state index contributed by atoms with van der Waals surface area (Å²) in [5, 5.41) is 3.48. The van der Waals surface area contributed by atoms with Crippen molar-refractivity contribution in [2.45, 2.75) is 64.0 Å². The number of nitrogens with zero attached hydrogens (tertiary/aromatic N) is 1. The van der Waals surface area contributed by atoms with Crippen molar-refractivity contribution in [1.82, 2.24) is 10.2 Å². The predicted octanol–water partition coefficient (Wildman–Crippen LogP) is 5.16. The highest BCUT2D eigenvalue weighted by molar-refractivity contribution is 5.97. The summed E-state index contributed by atoms with van der Waals surface area (Å²) in [5.74, 6) is 0.0660. The van der Waals surface area contributed by atoms with Crippen LogP contribution in [0.2, 0.25) is 0 Å². The van der Waals surface area contributed by atoms with Gasteiger partial charge in [0.15, 0.2) is 0 Å². The minimum atomic E-state index is -0.0372. The molecule has 0 aromatic heterocycles. The minimum absolute atomic E-state index is 0.0201. The molecule has 1 fully saturated rings. The van der Waals surface area contributed by atoms with Crippen molar-refractivity contribution in [3.63, 3.8) is 0 Å². The lowest BCUT2D eigenvalue weighted by Crippen LogP contribution is -2.53. The predicted molar refractivity (Wildman–Crippen MR) is 117 cm³/mol. The SMILES string of the molecule is CCc1cccc(CC)c1C(=O)NC(c1ccccc1)C1(N(C)C)CCCC1. The maximum Gasteiger partial charge on any atom is 0.252 e. The van der Waals surface area contributed by atoms with Crippen LogP contribution in [0, 0.1) is 0 Å². The van der Waals surface area contributed by atoms with Crippen LogP contribution in [-0.2, 0) is 12.8 Å². The monoisotopic (exact) mass is 378 g/mol. The summed E-state index contributed by atoms with van der Waals surface area (Å²) < 4.78 is 0. The van der Waals surface area contributed by atoms with Gasteiger partial charge in [-0.3, -0.25) is 4.79 Å². The summed E-state index contributed by atoms with van der Waals surface area (Å²) in [6.07, 6.45) is 6.37. The van der Waals surface area contributed by atoms with E-state index in [-0.39, 0.29) is 17.5 Å². The molecule has 0 radical (unpaired) electrons. The van der Waals surface area contributed by atoms with Gasteiger partial charge >= 0.3 is 0 Å². The highest BCUT2D eigenvalue weighted by Crippen LogP contribution is 2.43. The summed E-state index contributed by atoms with van der Waals surface area (Å²) >= 11 is 0. The zero-order valence-electron chi connectivity index (χ0n) is 17.8. The lowest BCUT2D eigenvalue weighted by atomic mass is 9.82. The van der Waals surface area contributed by atoms with Crippen molar-refractivity contribution in [1.29, 1.82) is 0 Å². The third-order valence-electron chi connectivity index (χ3n) is 6.53. The fourth-order valence-corrected chi connectivity index (χ4v) is 4.89. The molecule has 3 rings (SSSR count). The molecular weight excluding hydrogens is 344 g/mol.